The lowest BCUT2D eigenvalue weighted by molar-refractivity contribution is -0.122. The minimum absolute atomic E-state index is 0.0236. The monoisotopic (exact) mass is 228 g/mol. The lowest BCUT2D eigenvalue weighted by Gasteiger charge is -2.39. The van der Waals surface area contributed by atoms with Gasteiger partial charge in [0.2, 0.25) is 5.91 Å². The number of rotatable bonds is 6. The average Bonchev–Trinajstić information content (AvgIpc) is 2.19. The zero-order valence-corrected chi connectivity index (χ0v) is 10.4. The number of hydrogen-bond acceptors (Lipinski definition) is 3. The van der Waals surface area contributed by atoms with Gasteiger partial charge in [-0.2, -0.15) is 0 Å². The van der Waals surface area contributed by atoms with E-state index in [4.69, 9.17) is 10.5 Å². The molecular weight excluding hydrogens is 204 g/mol. The normalized spacial score (nSPS) is 24.2. The summed E-state index contributed by atoms with van der Waals surface area (Å²) in [5.41, 5.74) is 5.35. The third kappa shape index (κ3) is 4.49. The molecule has 3 N–H and O–H groups in total. The van der Waals surface area contributed by atoms with Crippen LogP contribution in [0.25, 0.3) is 0 Å². The van der Waals surface area contributed by atoms with Crippen molar-refractivity contribution in [3.8, 4) is 0 Å². The van der Waals surface area contributed by atoms with Crippen molar-refractivity contribution in [2.24, 2.45) is 11.1 Å². The Kier molecular flexibility index (Phi) is 5.22. The predicted molar refractivity (Wildman–Crippen MR) is 64.1 cm³/mol. The minimum Gasteiger partial charge on any atom is -0.370 e. The molecule has 4 heteroatoms. The first-order valence-electron chi connectivity index (χ1n) is 6.12. The molecule has 0 aromatic heterocycles. The smallest absolute Gasteiger partial charge is 0.243 e. The molecule has 0 radical (unpaired) electrons. The molecular formula is C12H24N2O2. The summed E-state index contributed by atoms with van der Waals surface area (Å²) in [6, 6.07) is 0.568. The Bertz CT molecular complexity index is 229. The predicted octanol–water partition coefficient (Wildman–Crippen LogP) is 1.05. The van der Waals surface area contributed by atoms with E-state index in [1.165, 1.54) is 25.7 Å². The molecule has 1 amide bonds. The molecule has 1 aliphatic rings. The van der Waals surface area contributed by atoms with Crippen LogP contribution in [-0.4, -0.2) is 31.7 Å². The number of nitrogens with two attached hydrogens (primary N) is 1. The SMILES string of the molecule is CC1(C)CCCCC1NCCOCC(N)=O. The van der Waals surface area contributed by atoms with Gasteiger partial charge in [-0.1, -0.05) is 26.7 Å². The summed E-state index contributed by atoms with van der Waals surface area (Å²) in [6.45, 7) is 5.99. The van der Waals surface area contributed by atoms with Crippen LogP contribution in [0.3, 0.4) is 0 Å². The van der Waals surface area contributed by atoms with Crippen molar-refractivity contribution < 1.29 is 9.53 Å². The van der Waals surface area contributed by atoms with Crippen molar-refractivity contribution in [1.82, 2.24) is 5.32 Å². The minimum atomic E-state index is -0.405. The number of carbonyl (C=O) groups is 1. The van der Waals surface area contributed by atoms with Crippen molar-refractivity contribution >= 4 is 5.91 Å². The van der Waals surface area contributed by atoms with Gasteiger partial charge < -0.3 is 15.8 Å². The Morgan fingerprint density at radius 3 is 2.88 bits per heavy atom. The molecule has 0 bridgehead atoms. The van der Waals surface area contributed by atoms with Crippen molar-refractivity contribution in [3.05, 3.63) is 0 Å². The van der Waals surface area contributed by atoms with E-state index in [2.05, 4.69) is 19.2 Å². The maximum Gasteiger partial charge on any atom is 0.243 e. The first kappa shape index (κ1) is 13.5. The summed E-state index contributed by atoms with van der Waals surface area (Å²) in [5, 5.41) is 3.51. The number of ether oxygens (including phenoxy) is 1. The van der Waals surface area contributed by atoms with Crippen LogP contribution in [0.1, 0.15) is 39.5 Å². The van der Waals surface area contributed by atoms with Gasteiger partial charge in [-0.25, -0.2) is 0 Å². The second-order valence-electron chi connectivity index (χ2n) is 5.26. The Morgan fingerprint density at radius 2 is 2.25 bits per heavy atom. The van der Waals surface area contributed by atoms with Gasteiger partial charge in [0.1, 0.15) is 6.61 Å². The van der Waals surface area contributed by atoms with Gasteiger partial charge in [-0.05, 0) is 18.3 Å². The zero-order valence-electron chi connectivity index (χ0n) is 10.4. The molecule has 0 aromatic rings. The van der Waals surface area contributed by atoms with Crippen molar-refractivity contribution in [3.63, 3.8) is 0 Å². The van der Waals surface area contributed by atoms with Gasteiger partial charge in [0.15, 0.2) is 0 Å². The second kappa shape index (κ2) is 6.21. The molecule has 1 fully saturated rings. The van der Waals surface area contributed by atoms with Crippen LogP contribution in [0, 0.1) is 5.41 Å². The van der Waals surface area contributed by atoms with Gasteiger partial charge in [0.25, 0.3) is 0 Å². The summed E-state index contributed by atoms with van der Waals surface area (Å²) >= 11 is 0. The van der Waals surface area contributed by atoms with Gasteiger partial charge in [-0.3, -0.25) is 4.79 Å². The highest BCUT2D eigenvalue weighted by Crippen LogP contribution is 2.35. The first-order valence-corrected chi connectivity index (χ1v) is 6.12. The first-order chi connectivity index (χ1) is 7.52. The molecule has 4 nitrogen and oxygen atoms in total. The highest BCUT2D eigenvalue weighted by Gasteiger charge is 2.31. The van der Waals surface area contributed by atoms with E-state index in [-0.39, 0.29) is 6.61 Å². The molecule has 1 aliphatic carbocycles. The fourth-order valence-electron chi connectivity index (χ4n) is 2.35. The van der Waals surface area contributed by atoms with E-state index < -0.39 is 5.91 Å². The van der Waals surface area contributed by atoms with E-state index in [1.54, 1.807) is 0 Å². The van der Waals surface area contributed by atoms with Crippen LogP contribution >= 0.6 is 0 Å². The zero-order chi connectivity index (χ0) is 12.0. The fraction of sp³-hybridized carbons (Fsp3) is 0.917. The molecule has 1 saturated carbocycles. The van der Waals surface area contributed by atoms with Gasteiger partial charge in [0.05, 0.1) is 6.61 Å². The Labute approximate surface area is 97.9 Å². The molecule has 0 spiro atoms. The number of hydrogen-bond donors (Lipinski definition) is 2. The van der Waals surface area contributed by atoms with Crippen LogP contribution in [0.4, 0.5) is 0 Å². The van der Waals surface area contributed by atoms with Crippen LogP contribution < -0.4 is 11.1 Å². The highest BCUT2D eigenvalue weighted by atomic mass is 16.5. The average molecular weight is 228 g/mol. The summed E-state index contributed by atoms with van der Waals surface area (Å²) in [4.78, 5) is 10.4. The quantitative estimate of drug-likeness (QED) is 0.668. The number of amides is 1. The van der Waals surface area contributed by atoms with Crippen molar-refractivity contribution in [2.75, 3.05) is 19.8 Å². The lowest BCUT2D eigenvalue weighted by Crippen LogP contribution is -2.45. The summed E-state index contributed by atoms with van der Waals surface area (Å²) < 4.78 is 5.12. The maximum absolute atomic E-state index is 10.4. The molecule has 0 aliphatic heterocycles. The Hall–Kier alpha value is -0.610. The van der Waals surface area contributed by atoms with Crippen LogP contribution in [-0.2, 0) is 9.53 Å². The third-order valence-corrected chi connectivity index (χ3v) is 3.39. The lowest BCUT2D eigenvalue weighted by atomic mass is 9.73. The van der Waals surface area contributed by atoms with Crippen LogP contribution in [0.15, 0.2) is 0 Å². The summed E-state index contributed by atoms with van der Waals surface area (Å²) in [7, 11) is 0. The number of primary amides is 1. The van der Waals surface area contributed by atoms with Gasteiger partial charge in [-0.15, -0.1) is 0 Å². The van der Waals surface area contributed by atoms with Crippen molar-refractivity contribution in [1.29, 1.82) is 0 Å². The van der Waals surface area contributed by atoms with Gasteiger partial charge >= 0.3 is 0 Å². The van der Waals surface area contributed by atoms with E-state index >= 15 is 0 Å². The number of carbonyl (C=O) groups excluding carboxylic acids is 1. The molecule has 94 valence electrons. The molecule has 1 rings (SSSR count). The fourth-order valence-corrected chi connectivity index (χ4v) is 2.35. The third-order valence-electron chi connectivity index (χ3n) is 3.39. The van der Waals surface area contributed by atoms with Crippen LogP contribution in [0.5, 0.6) is 0 Å². The Balaban J connectivity index is 2.14. The highest BCUT2D eigenvalue weighted by molar-refractivity contribution is 5.74. The summed E-state index contributed by atoms with van der Waals surface area (Å²) in [6.07, 6.45) is 5.17. The molecule has 0 heterocycles. The molecule has 1 atom stereocenters. The topological polar surface area (TPSA) is 64.3 Å². The maximum atomic E-state index is 10.4. The van der Waals surface area contributed by atoms with Crippen molar-refractivity contribution in [2.45, 2.75) is 45.6 Å². The molecule has 16 heavy (non-hydrogen) atoms. The van der Waals surface area contributed by atoms with E-state index in [1.807, 2.05) is 0 Å². The van der Waals surface area contributed by atoms with E-state index in [0.29, 0.717) is 18.1 Å². The van der Waals surface area contributed by atoms with E-state index in [9.17, 15) is 4.79 Å². The second-order valence-corrected chi connectivity index (χ2v) is 5.26. The largest absolute Gasteiger partial charge is 0.370 e. The summed E-state index contributed by atoms with van der Waals surface area (Å²) in [5.74, 6) is -0.405. The van der Waals surface area contributed by atoms with E-state index in [0.717, 1.165) is 6.54 Å². The van der Waals surface area contributed by atoms with Gasteiger partial charge in [0, 0.05) is 12.6 Å². The molecule has 0 aromatic carbocycles. The molecule has 0 saturated heterocycles. The van der Waals surface area contributed by atoms with Crippen LogP contribution in [0.2, 0.25) is 0 Å². The standard InChI is InChI=1S/C12H24N2O2/c1-12(2)6-4-3-5-10(12)14-7-8-16-9-11(13)15/h10,14H,3-9H2,1-2H3,(H2,13,15). The molecule has 1 unspecified atom stereocenters. The Morgan fingerprint density at radius 1 is 1.50 bits per heavy atom. The number of nitrogens with one attached hydrogen (secondary N) is 1.